The van der Waals surface area contributed by atoms with Crippen molar-refractivity contribution in [3.8, 4) is 0 Å². The molecule has 1 rings (SSSR count). The first kappa shape index (κ1) is 15.4. The van der Waals surface area contributed by atoms with Crippen molar-refractivity contribution >= 4 is 5.97 Å². The van der Waals surface area contributed by atoms with Crippen LogP contribution in [0.1, 0.15) is 53.4 Å². The van der Waals surface area contributed by atoms with Crippen LogP contribution in [0.15, 0.2) is 0 Å². The molecule has 1 aliphatic carbocycles. The highest BCUT2D eigenvalue weighted by molar-refractivity contribution is 5.78. The lowest BCUT2D eigenvalue weighted by molar-refractivity contribution is -0.145. The van der Waals surface area contributed by atoms with Gasteiger partial charge in [0.1, 0.15) is 5.54 Å². The Morgan fingerprint density at radius 2 is 2.11 bits per heavy atom. The first-order valence-corrected chi connectivity index (χ1v) is 7.18. The van der Waals surface area contributed by atoms with Crippen molar-refractivity contribution in [2.75, 3.05) is 13.1 Å². The van der Waals surface area contributed by atoms with Gasteiger partial charge in [-0.2, -0.15) is 0 Å². The fourth-order valence-electron chi connectivity index (χ4n) is 2.68. The Hall–Kier alpha value is -0.610. The Balaban J connectivity index is 2.60. The maximum absolute atomic E-state index is 11.5. The second-order valence-electron chi connectivity index (χ2n) is 5.68. The largest absolute Gasteiger partial charge is 0.480 e. The van der Waals surface area contributed by atoms with E-state index >= 15 is 0 Å². The molecule has 18 heavy (non-hydrogen) atoms. The van der Waals surface area contributed by atoms with Crippen LogP contribution < -0.4 is 5.32 Å². The lowest BCUT2D eigenvalue weighted by Crippen LogP contribution is -2.54. The molecule has 0 spiro atoms. The van der Waals surface area contributed by atoms with E-state index in [-0.39, 0.29) is 0 Å². The Morgan fingerprint density at radius 3 is 2.50 bits per heavy atom. The zero-order valence-electron chi connectivity index (χ0n) is 12.2. The van der Waals surface area contributed by atoms with Crippen LogP contribution in [0.3, 0.4) is 0 Å². The van der Waals surface area contributed by atoms with Gasteiger partial charge in [0, 0.05) is 12.1 Å². The minimum absolute atomic E-state index is 0.313. The number of carboxylic acids is 1. The van der Waals surface area contributed by atoms with Gasteiger partial charge in [0.15, 0.2) is 0 Å². The van der Waals surface area contributed by atoms with Crippen molar-refractivity contribution in [3.63, 3.8) is 0 Å². The number of carbonyl (C=O) groups is 1. The van der Waals surface area contributed by atoms with E-state index in [1.54, 1.807) is 0 Å². The van der Waals surface area contributed by atoms with Crippen LogP contribution in [0.2, 0.25) is 0 Å². The quantitative estimate of drug-likeness (QED) is 0.663. The SMILES string of the molecule is CCCNC(C)(CC(C)N(CC)C1CC1)C(=O)O. The second-order valence-corrected chi connectivity index (χ2v) is 5.68. The Labute approximate surface area is 111 Å². The van der Waals surface area contributed by atoms with Gasteiger partial charge in [-0.15, -0.1) is 0 Å². The number of hydrogen-bond acceptors (Lipinski definition) is 3. The molecule has 0 aromatic carbocycles. The smallest absolute Gasteiger partial charge is 0.323 e. The fourth-order valence-corrected chi connectivity index (χ4v) is 2.68. The molecule has 2 atom stereocenters. The summed E-state index contributed by atoms with van der Waals surface area (Å²) in [6, 6.07) is 1.00. The summed E-state index contributed by atoms with van der Waals surface area (Å²) >= 11 is 0. The van der Waals surface area contributed by atoms with Gasteiger partial charge in [-0.25, -0.2) is 0 Å². The predicted octanol–water partition coefficient (Wildman–Crippen LogP) is 2.09. The highest BCUT2D eigenvalue weighted by Crippen LogP contribution is 2.30. The van der Waals surface area contributed by atoms with Crippen molar-refractivity contribution in [2.45, 2.75) is 71.0 Å². The molecule has 1 aliphatic rings. The summed E-state index contributed by atoms with van der Waals surface area (Å²) < 4.78 is 0. The molecule has 1 saturated carbocycles. The predicted molar refractivity (Wildman–Crippen MR) is 73.8 cm³/mol. The molecular weight excluding hydrogens is 228 g/mol. The maximum Gasteiger partial charge on any atom is 0.323 e. The van der Waals surface area contributed by atoms with E-state index in [1.807, 2.05) is 6.92 Å². The Bertz CT molecular complexity index is 279. The summed E-state index contributed by atoms with van der Waals surface area (Å²) in [5.74, 6) is -0.741. The zero-order chi connectivity index (χ0) is 13.8. The molecule has 4 heteroatoms. The van der Waals surface area contributed by atoms with E-state index in [4.69, 9.17) is 0 Å². The third kappa shape index (κ3) is 3.95. The number of carboxylic acid groups (broad SMARTS) is 1. The zero-order valence-corrected chi connectivity index (χ0v) is 12.2. The van der Waals surface area contributed by atoms with Crippen LogP contribution in [0, 0.1) is 0 Å². The molecule has 0 saturated heterocycles. The normalized spacial score (nSPS) is 20.7. The molecule has 1 fully saturated rings. The van der Waals surface area contributed by atoms with Crippen LogP contribution >= 0.6 is 0 Å². The average molecular weight is 256 g/mol. The van der Waals surface area contributed by atoms with Crippen LogP contribution in [0.5, 0.6) is 0 Å². The molecule has 2 N–H and O–H groups in total. The van der Waals surface area contributed by atoms with Gasteiger partial charge in [0.05, 0.1) is 0 Å². The van der Waals surface area contributed by atoms with Gasteiger partial charge in [-0.1, -0.05) is 13.8 Å². The number of rotatable bonds is 9. The highest BCUT2D eigenvalue weighted by Gasteiger charge is 2.38. The monoisotopic (exact) mass is 256 g/mol. The van der Waals surface area contributed by atoms with Crippen molar-refractivity contribution < 1.29 is 9.90 Å². The third-order valence-electron chi connectivity index (χ3n) is 3.89. The van der Waals surface area contributed by atoms with Gasteiger partial charge in [-0.05, 0) is 52.6 Å². The minimum Gasteiger partial charge on any atom is -0.480 e. The van der Waals surface area contributed by atoms with Gasteiger partial charge < -0.3 is 10.4 Å². The van der Waals surface area contributed by atoms with Crippen LogP contribution in [0.25, 0.3) is 0 Å². The second kappa shape index (κ2) is 6.53. The molecule has 0 radical (unpaired) electrons. The van der Waals surface area contributed by atoms with E-state index < -0.39 is 11.5 Å². The van der Waals surface area contributed by atoms with Crippen molar-refractivity contribution in [1.29, 1.82) is 0 Å². The molecular formula is C14H28N2O2. The number of nitrogens with zero attached hydrogens (tertiary/aromatic N) is 1. The number of hydrogen-bond donors (Lipinski definition) is 2. The summed E-state index contributed by atoms with van der Waals surface area (Å²) in [5, 5.41) is 12.6. The molecule has 0 aromatic heterocycles. The summed E-state index contributed by atoms with van der Waals surface area (Å²) in [6.07, 6.45) is 4.15. The summed E-state index contributed by atoms with van der Waals surface area (Å²) in [5.41, 5.74) is -0.808. The summed E-state index contributed by atoms with van der Waals surface area (Å²) in [7, 11) is 0. The minimum atomic E-state index is -0.808. The average Bonchev–Trinajstić information content (AvgIpc) is 3.11. The molecule has 0 bridgehead atoms. The van der Waals surface area contributed by atoms with Gasteiger partial charge >= 0.3 is 5.97 Å². The first-order valence-electron chi connectivity index (χ1n) is 7.18. The standard InChI is InChI=1S/C14H28N2O2/c1-5-9-15-14(4,13(17)18)10-11(3)16(6-2)12-7-8-12/h11-12,15H,5-10H2,1-4H3,(H,17,18). The van der Waals surface area contributed by atoms with Crippen molar-refractivity contribution in [3.05, 3.63) is 0 Å². The molecule has 2 unspecified atom stereocenters. The third-order valence-corrected chi connectivity index (χ3v) is 3.89. The van der Waals surface area contributed by atoms with E-state index in [2.05, 4.69) is 31.0 Å². The van der Waals surface area contributed by atoms with E-state index in [0.717, 1.165) is 19.5 Å². The van der Waals surface area contributed by atoms with Gasteiger partial charge in [0.25, 0.3) is 0 Å². The van der Waals surface area contributed by atoms with Crippen molar-refractivity contribution in [1.82, 2.24) is 10.2 Å². The number of aliphatic carboxylic acids is 1. The van der Waals surface area contributed by atoms with E-state index in [1.165, 1.54) is 12.8 Å². The molecule has 0 aliphatic heterocycles. The first-order chi connectivity index (χ1) is 8.44. The number of nitrogens with one attached hydrogen (secondary N) is 1. The van der Waals surface area contributed by atoms with Crippen LogP contribution in [-0.4, -0.2) is 46.7 Å². The lowest BCUT2D eigenvalue weighted by Gasteiger charge is -2.35. The van der Waals surface area contributed by atoms with Crippen LogP contribution in [-0.2, 0) is 4.79 Å². The Morgan fingerprint density at radius 1 is 1.50 bits per heavy atom. The van der Waals surface area contributed by atoms with E-state index in [0.29, 0.717) is 18.5 Å². The van der Waals surface area contributed by atoms with Gasteiger partial charge in [-0.3, -0.25) is 9.69 Å². The van der Waals surface area contributed by atoms with Gasteiger partial charge in [0.2, 0.25) is 0 Å². The van der Waals surface area contributed by atoms with E-state index in [9.17, 15) is 9.90 Å². The Kier molecular flexibility index (Phi) is 5.60. The molecule has 0 aromatic rings. The lowest BCUT2D eigenvalue weighted by atomic mass is 9.92. The topological polar surface area (TPSA) is 52.6 Å². The summed E-state index contributed by atoms with van der Waals surface area (Å²) in [4.78, 5) is 13.9. The van der Waals surface area contributed by atoms with Crippen LogP contribution in [0.4, 0.5) is 0 Å². The highest BCUT2D eigenvalue weighted by atomic mass is 16.4. The molecule has 106 valence electrons. The molecule has 0 heterocycles. The summed E-state index contributed by atoms with van der Waals surface area (Å²) in [6.45, 7) is 9.94. The fraction of sp³-hybridized carbons (Fsp3) is 0.929. The maximum atomic E-state index is 11.5. The molecule has 4 nitrogen and oxygen atoms in total. The van der Waals surface area contributed by atoms with Crippen molar-refractivity contribution in [2.24, 2.45) is 0 Å². The molecule has 0 amide bonds.